The number of rotatable bonds is 3. The normalized spacial score (nSPS) is 11.8. The van der Waals surface area contributed by atoms with E-state index in [1.807, 2.05) is 0 Å². The molecule has 0 saturated heterocycles. The molecule has 3 rings (SSSR count). The van der Waals surface area contributed by atoms with Gasteiger partial charge in [0, 0.05) is 0 Å². The maximum Gasteiger partial charge on any atom is 0.305 e. The van der Waals surface area contributed by atoms with Crippen molar-refractivity contribution in [2.45, 2.75) is 5.03 Å². The van der Waals surface area contributed by atoms with Crippen LogP contribution in [0.3, 0.4) is 0 Å². The second kappa shape index (κ2) is 4.21. The second-order valence-electron chi connectivity index (χ2n) is 3.75. The Morgan fingerprint density at radius 2 is 2.16 bits per heavy atom. The van der Waals surface area contributed by atoms with Crippen molar-refractivity contribution in [1.82, 2.24) is 15.0 Å². The van der Waals surface area contributed by atoms with Crippen molar-refractivity contribution in [2.75, 3.05) is 4.72 Å². The lowest BCUT2D eigenvalue weighted by Gasteiger charge is -2.05. The highest BCUT2D eigenvalue weighted by atomic mass is 32.2. The Morgan fingerprint density at radius 1 is 1.32 bits per heavy atom. The number of hydrogen-bond donors (Lipinski definition) is 3. The monoisotopic (exact) mass is 296 g/mol. The van der Waals surface area contributed by atoms with Crippen molar-refractivity contribution < 1.29 is 8.42 Å². The summed E-state index contributed by atoms with van der Waals surface area (Å²) in [6, 6.07) is 4.84. The van der Waals surface area contributed by atoms with Crippen LogP contribution in [0, 0.1) is 0 Å². The van der Waals surface area contributed by atoms with Gasteiger partial charge in [0.2, 0.25) is 0 Å². The Labute approximate surface area is 111 Å². The van der Waals surface area contributed by atoms with Crippen LogP contribution in [0.5, 0.6) is 0 Å². The number of H-pyrrole nitrogens is 2. The number of sulfonamides is 1. The molecule has 98 valence electrons. The van der Waals surface area contributed by atoms with Gasteiger partial charge >= 0.3 is 4.87 Å². The van der Waals surface area contributed by atoms with E-state index >= 15 is 0 Å². The fourth-order valence-electron chi connectivity index (χ4n) is 1.61. The lowest BCUT2D eigenvalue weighted by Crippen LogP contribution is -2.13. The van der Waals surface area contributed by atoms with E-state index in [0.29, 0.717) is 15.9 Å². The molecular weight excluding hydrogens is 288 g/mol. The van der Waals surface area contributed by atoms with Gasteiger partial charge in [-0.15, -0.1) is 0 Å². The number of fused-ring (bicyclic) bond motifs is 1. The van der Waals surface area contributed by atoms with Crippen molar-refractivity contribution in [3.05, 3.63) is 40.4 Å². The zero-order valence-corrected chi connectivity index (χ0v) is 11.0. The summed E-state index contributed by atoms with van der Waals surface area (Å²) in [5.74, 6) is 0. The van der Waals surface area contributed by atoms with Crippen LogP contribution in [-0.4, -0.2) is 23.4 Å². The third-order valence-corrected chi connectivity index (χ3v) is 4.59. The first-order valence-electron chi connectivity index (χ1n) is 5.19. The zero-order chi connectivity index (χ0) is 13.5. The molecule has 9 heteroatoms. The number of anilines is 1. The van der Waals surface area contributed by atoms with Crippen molar-refractivity contribution >= 4 is 37.3 Å². The molecule has 0 radical (unpaired) electrons. The number of benzene rings is 1. The van der Waals surface area contributed by atoms with Crippen LogP contribution >= 0.6 is 11.3 Å². The van der Waals surface area contributed by atoms with Gasteiger partial charge in [0.15, 0.2) is 5.03 Å². The number of imidazole rings is 1. The van der Waals surface area contributed by atoms with E-state index in [1.165, 1.54) is 12.5 Å². The largest absolute Gasteiger partial charge is 0.334 e. The summed E-state index contributed by atoms with van der Waals surface area (Å²) in [6.45, 7) is 0. The molecule has 0 amide bonds. The third-order valence-electron chi connectivity index (χ3n) is 2.44. The molecular formula is C10H8N4O3S2. The molecule has 0 saturated carbocycles. The molecule has 0 atom stereocenters. The molecule has 0 bridgehead atoms. The van der Waals surface area contributed by atoms with Gasteiger partial charge in [-0.25, -0.2) is 4.98 Å². The van der Waals surface area contributed by atoms with E-state index in [9.17, 15) is 13.2 Å². The lowest BCUT2D eigenvalue weighted by atomic mass is 10.3. The van der Waals surface area contributed by atoms with E-state index in [-0.39, 0.29) is 9.90 Å². The fourth-order valence-corrected chi connectivity index (χ4v) is 3.34. The fraction of sp³-hybridized carbons (Fsp3) is 0. The highest BCUT2D eigenvalue weighted by molar-refractivity contribution is 7.92. The average molecular weight is 296 g/mol. The Balaban J connectivity index is 1.99. The molecule has 0 aliphatic heterocycles. The molecule has 19 heavy (non-hydrogen) atoms. The molecule has 0 aliphatic rings. The summed E-state index contributed by atoms with van der Waals surface area (Å²) in [5.41, 5.74) is 1.07. The smallest absolute Gasteiger partial charge is 0.305 e. The Bertz CT molecular complexity index is 877. The maximum absolute atomic E-state index is 12.0. The summed E-state index contributed by atoms with van der Waals surface area (Å²) in [7, 11) is -3.68. The quantitative estimate of drug-likeness (QED) is 0.673. The molecule has 0 spiro atoms. The first-order chi connectivity index (χ1) is 9.04. The first-order valence-corrected chi connectivity index (χ1v) is 7.49. The highest BCUT2D eigenvalue weighted by Crippen LogP contribution is 2.21. The SMILES string of the molecule is O=c1[nH]c2ccc(NS(=O)(=O)c3cnc[nH]3)cc2s1. The van der Waals surface area contributed by atoms with E-state index in [1.54, 1.807) is 18.2 Å². The van der Waals surface area contributed by atoms with E-state index in [4.69, 9.17) is 0 Å². The van der Waals surface area contributed by atoms with E-state index < -0.39 is 10.0 Å². The summed E-state index contributed by atoms with van der Waals surface area (Å²) in [4.78, 5) is 19.8. The number of aromatic amines is 2. The highest BCUT2D eigenvalue weighted by Gasteiger charge is 2.15. The summed E-state index contributed by atoms with van der Waals surface area (Å²) < 4.78 is 27.0. The van der Waals surface area contributed by atoms with Crippen LogP contribution in [0.2, 0.25) is 0 Å². The van der Waals surface area contributed by atoms with Gasteiger partial charge in [0.1, 0.15) is 0 Å². The molecule has 2 aromatic heterocycles. The molecule has 2 heterocycles. The topological polar surface area (TPSA) is 108 Å². The van der Waals surface area contributed by atoms with Crippen LogP contribution in [0.4, 0.5) is 5.69 Å². The van der Waals surface area contributed by atoms with Gasteiger partial charge < -0.3 is 9.97 Å². The Morgan fingerprint density at radius 3 is 2.89 bits per heavy atom. The second-order valence-corrected chi connectivity index (χ2v) is 6.41. The van der Waals surface area contributed by atoms with Crippen molar-refractivity contribution in [2.24, 2.45) is 0 Å². The maximum atomic E-state index is 12.0. The third kappa shape index (κ3) is 2.25. The van der Waals surface area contributed by atoms with Crippen molar-refractivity contribution in [1.29, 1.82) is 0 Å². The predicted molar refractivity (Wildman–Crippen MR) is 71.8 cm³/mol. The summed E-state index contributed by atoms with van der Waals surface area (Å²) in [5, 5.41) is -0.0187. The first kappa shape index (κ1) is 11.9. The minimum atomic E-state index is -3.68. The van der Waals surface area contributed by atoms with Crippen LogP contribution < -0.4 is 9.60 Å². The lowest BCUT2D eigenvalue weighted by molar-refractivity contribution is 0.598. The summed E-state index contributed by atoms with van der Waals surface area (Å²) >= 11 is 1.02. The molecule has 3 aromatic rings. The molecule has 0 unspecified atom stereocenters. The predicted octanol–water partition coefficient (Wildman–Crippen LogP) is 1.11. The van der Waals surface area contributed by atoms with Crippen LogP contribution in [0.15, 0.2) is 40.5 Å². The van der Waals surface area contributed by atoms with E-state index in [0.717, 1.165) is 11.3 Å². The number of nitrogens with one attached hydrogen (secondary N) is 3. The van der Waals surface area contributed by atoms with Gasteiger partial charge in [0.05, 0.1) is 28.4 Å². The van der Waals surface area contributed by atoms with Crippen LogP contribution in [0.25, 0.3) is 10.2 Å². The molecule has 0 aliphatic carbocycles. The number of aromatic nitrogens is 3. The van der Waals surface area contributed by atoms with Gasteiger partial charge in [-0.2, -0.15) is 8.42 Å². The standard InChI is InChI=1S/C10H8N4O3S2/c15-10-13-7-2-1-6(3-8(7)18-10)14-19(16,17)9-4-11-5-12-9/h1-5,14H,(H,11,12)(H,13,15). The van der Waals surface area contributed by atoms with E-state index in [2.05, 4.69) is 19.7 Å². The van der Waals surface area contributed by atoms with Gasteiger partial charge in [-0.05, 0) is 18.2 Å². The van der Waals surface area contributed by atoms with Crippen molar-refractivity contribution in [3.63, 3.8) is 0 Å². The minimum absolute atomic E-state index is 0.0187. The number of nitrogens with zero attached hydrogens (tertiary/aromatic N) is 1. The average Bonchev–Trinajstić information content (AvgIpc) is 2.95. The number of hydrogen-bond acceptors (Lipinski definition) is 5. The molecule has 1 aromatic carbocycles. The number of thiazole rings is 1. The van der Waals surface area contributed by atoms with Crippen molar-refractivity contribution in [3.8, 4) is 0 Å². The minimum Gasteiger partial charge on any atom is -0.334 e. The van der Waals surface area contributed by atoms with Crippen LogP contribution in [0.1, 0.15) is 0 Å². The Kier molecular flexibility index (Phi) is 2.64. The van der Waals surface area contributed by atoms with Crippen LogP contribution in [-0.2, 0) is 10.0 Å². The Hall–Kier alpha value is -2.13. The zero-order valence-electron chi connectivity index (χ0n) is 9.38. The van der Waals surface area contributed by atoms with Gasteiger partial charge in [0.25, 0.3) is 10.0 Å². The molecule has 0 fully saturated rings. The van der Waals surface area contributed by atoms with Gasteiger partial charge in [-0.1, -0.05) is 11.3 Å². The molecule has 3 N–H and O–H groups in total. The van der Waals surface area contributed by atoms with Gasteiger partial charge in [-0.3, -0.25) is 9.52 Å². The summed E-state index contributed by atoms with van der Waals surface area (Å²) in [6.07, 6.45) is 2.51. The molecule has 7 nitrogen and oxygen atoms in total.